The van der Waals surface area contributed by atoms with Crippen LogP contribution in [0, 0.1) is 12.7 Å². The van der Waals surface area contributed by atoms with E-state index in [1.54, 1.807) is 24.5 Å². The molecule has 166 valence electrons. The third-order valence-corrected chi connectivity index (χ3v) is 6.14. The zero-order valence-electron chi connectivity index (χ0n) is 17.6. The molecule has 8 nitrogen and oxygen atoms in total. The first-order chi connectivity index (χ1) is 16.1. The SMILES string of the molecule is Cc1ccc(C2=NN(C(=O)CSc3nnnn3-c3cccc(F)c3)[C@H](c3ccco3)C2)cc1. The van der Waals surface area contributed by atoms with Gasteiger partial charge in [-0.2, -0.15) is 9.78 Å². The summed E-state index contributed by atoms with van der Waals surface area (Å²) in [5, 5.41) is 18.1. The second-order valence-corrected chi connectivity index (χ2v) is 8.47. The zero-order valence-corrected chi connectivity index (χ0v) is 18.4. The average molecular weight is 463 g/mol. The second-order valence-electron chi connectivity index (χ2n) is 7.53. The fourth-order valence-electron chi connectivity index (χ4n) is 3.59. The summed E-state index contributed by atoms with van der Waals surface area (Å²) in [5.41, 5.74) is 3.42. The lowest BCUT2D eigenvalue weighted by Gasteiger charge is -2.19. The molecule has 1 aliphatic heterocycles. The first-order valence-corrected chi connectivity index (χ1v) is 11.2. The summed E-state index contributed by atoms with van der Waals surface area (Å²) in [6, 6.07) is 17.3. The number of tetrazole rings is 1. The van der Waals surface area contributed by atoms with Crippen molar-refractivity contribution in [3.8, 4) is 5.69 Å². The average Bonchev–Trinajstić information content (AvgIpc) is 3.58. The van der Waals surface area contributed by atoms with Crippen LogP contribution in [0.1, 0.15) is 29.3 Å². The number of thioether (sulfide) groups is 1. The summed E-state index contributed by atoms with van der Waals surface area (Å²) in [7, 11) is 0. The summed E-state index contributed by atoms with van der Waals surface area (Å²) in [5.74, 6) is 0.116. The number of aromatic nitrogens is 4. The van der Waals surface area contributed by atoms with Crippen LogP contribution >= 0.6 is 11.8 Å². The molecule has 0 saturated carbocycles. The summed E-state index contributed by atoms with van der Waals surface area (Å²) in [4.78, 5) is 13.2. The van der Waals surface area contributed by atoms with Gasteiger partial charge in [-0.05, 0) is 53.2 Å². The van der Waals surface area contributed by atoms with Gasteiger partial charge in [-0.15, -0.1) is 5.10 Å². The number of amides is 1. The Morgan fingerprint density at radius 1 is 1.18 bits per heavy atom. The normalized spacial score (nSPS) is 15.6. The molecule has 0 bridgehead atoms. The molecule has 2 aromatic heterocycles. The minimum Gasteiger partial charge on any atom is -0.467 e. The van der Waals surface area contributed by atoms with Gasteiger partial charge in [0.1, 0.15) is 17.6 Å². The Kier molecular flexibility index (Phi) is 5.74. The predicted octanol–water partition coefficient (Wildman–Crippen LogP) is 4.17. The van der Waals surface area contributed by atoms with Gasteiger partial charge in [-0.1, -0.05) is 47.7 Å². The van der Waals surface area contributed by atoms with Crippen LogP contribution in [-0.2, 0) is 4.79 Å². The molecule has 10 heteroatoms. The lowest BCUT2D eigenvalue weighted by Crippen LogP contribution is -2.28. The fourth-order valence-corrected chi connectivity index (χ4v) is 4.34. The Balaban J connectivity index is 1.36. The van der Waals surface area contributed by atoms with Gasteiger partial charge in [-0.25, -0.2) is 9.40 Å². The Hall–Kier alpha value is -3.79. The summed E-state index contributed by atoms with van der Waals surface area (Å²) in [6.45, 7) is 2.02. The number of aryl methyl sites for hydroxylation is 1. The van der Waals surface area contributed by atoms with Crippen molar-refractivity contribution < 1.29 is 13.6 Å². The molecule has 0 saturated heterocycles. The standard InChI is InChI=1S/C23H19FN6O2S/c1-15-7-9-16(10-8-15)19-13-20(21-6-3-11-32-21)30(26-19)22(31)14-33-23-25-27-28-29(23)18-5-2-4-17(24)12-18/h2-12,20H,13-14H2,1H3/t20-/m0/s1. The number of halogens is 1. The van der Waals surface area contributed by atoms with Crippen LogP contribution in [-0.4, -0.2) is 42.6 Å². The van der Waals surface area contributed by atoms with E-state index in [1.165, 1.54) is 21.8 Å². The number of hydrogen-bond donors (Lipinski definition) is 0. The molecule has 1 aliphatic rings. The summed E-state index contributed by atoms with van der Waals surface area (Å²) in [6.07, 6.45) is 2.14. The highest BCUT2D eigenvalue weighted by Crippen LogP contribution is 2.34. The van der Waals surface area contributed by atoms with Crippen molar-refractivity contribution >= 4 is 23.4 Å². The van der Waals surface area contributed by atoms with E-state index in [-0.39, 0.29) is 17.7 Å². The molecule has 2 aromatic carbocycles. The number of hydrazone groups is 1. The quantitative estimate of drug-likeness (QED) is 0.400. The maximum absolute atomic E-state index is 13.6. The molecule has 3 heterocycles. The Labute approximate surface area is 193 Å². The van der Waals surface area contributed by atoms with Crippen molar-refractivity contribution in [3.63, 3.8) is 0 Å². The highest BCUT2D eigenvalue weighted by atomic mass is 32.2. The Morgan fingerprint density at radius 3 is 2.79 bits per heavy atom. The molecule has 1 amide bonds. The fraction of sp³-hybridized carbons (Fsp3) is 0.174. The van der Waals surface area contributed by atoms with Gasteiger partial charge in [0.25, 0.3) is 5.91 Å². The third-order valence-electron chi connectivity index (χ3n) is 5.24. The van der Waals surface area contributed by atoms with Crippen molar-refractivity contribution in [3.05, 3.63) is 89.6 Å². The maximum Gasteiger partial charge on any atom is 0.253 e. The molecule has 4 aromatic rings. The molecular weight excluding hydrogens is 443 g/mol. The second kappa shape index (κ2) is 8.99. The summed E-state index contributed by atoms with van der Waals surface area (Å²) >= 11 is 1.16. The number of rotatable bonds is 6. The zero-order chi connectivity index (χ0) is 22.8. The topological polar surface area (TPSA) is 89.4 Å². The van der Waals surface area contributed by atoms with E-state index < -0.39 is 5.82 Å². The molecule has 0 fully saturated rings. The van der Waals surface area contributed by atoms with Crippen molar-refractivity contribution in [2.75, 3.05) is 5.75 Å². The van der Waals surface area contributed by atoms with Crippen molar-refractivity contribution in [2.45, 2.75) is 24.5 Å². The largest absolute Gasteiger partial charge is 0.467 e. The van der Waals surface area contributed by atoms with E-state index in [2.05, 4.69) is 20.6 Å². The summed E-state index contributed by atoms with van der Waals surface area (Å²) < 4.78 is 20.6. The Bertz CT molecular complexity index is 1300. The molecule has 0 unspecified atom stereocenters. The lowest BCUT2D eigenvalue weighted by molar-refractivity contribution is -0.130. The predicted molar refractivity (Wildman–Crippen MR) is 120 cm³/mol. The van der Waals surface area contributed by atoms with E-state index in [4.69, 9.17) is 4.42 Å². The van der Waals surface area contributed by atoms with Gasteiger partial charge in [0.15, 0.2) is 0 Å². The number of carbonyl (C=O) groups excluding carboxylic acids is 1. The van der Waals surface area contributed by atoms with E-state index in [1.807, 2.05) is 37.3 Å². The molecule has 0 aliphatic carbocycles. The van der Waals surface area contributed by atoms with Crippen LogP contribution in [0.4, 0.5) is 4.39 Å². The highest BCUT2D eigenvalue weighted by molar-refractivity contribution is 7.99. The number of nitrogens with zero attached hydrogens (tertiary/aromatic N) is 6. The van der Waals surface area contributed by atoms with E-state index in [0.29, 0.717) is 23.0 Å². The van der Waals surface area contributed by atoms with Crippen LogP contribution in [0.3, 0.4) is 0 Å². The van der Waals surface area contributed by atoms with Crippen LogP contribution in [0.15, 0.2) is 81.6 Å². The first-order valence-electron chi connectivity index (χ1n) is 10.3. The number of carbonyl (C=O) groups is 1. The van der Waals surface area contributed by atoms with Gasteiger partial charge < -0.3 is 4.42 Å². The smallest absolute Gasteiger partial charge is 0.253 e. The molecule has 1 atom stereocenters. The molecule has 0 N–H and O–H groups in total. The van der Waals surface area contributed by atoms with Gasteiger partial charge in [-0.3, -0.25) is 4.79 Å². The van der Waals surface area contributed by atoms with Gasteiger partial charge in [0.2, 0.25) is 5.16 Å². The van der Waals surface area contributed by atoms with Gasteiger partial charge in [0, 0.05) is 6.42 Å². The van der Waals surface area contributed by atoms with E-state index in [0.717, 1.165) is 28.6 Å². The third kappa shape index (κ3) is 4.42. The number of benzene rings is 2. The van der Waals surface area contributed by atoms with Crippen molar-refractivity contribution in [2.24, 2.45) is 5.10 Å². The maximum atomic E-state index is 13.6. The minimum absolute atomic E-state index is 0.0532. The molecule has 0 spiro atoms. The molecule has 5 rings (SSSR count). The van der Waals surface area contributed by atoms with Crippen LogP contribution in [0.5, 0.6) is 0 Å². The van der Waals surface area contributed by atoms with Crippen molar-refractivity contribution in [1.82, 2.24) is 25.2 Å². The van der Waals surface area contributed by atoms with Gasteiger partial charge >= 0.3 is 0 Å². The minimum atomic E-state index is -0.397. The van der Waals surface area contributed by atoms with Crippen molar-refractivity contribution in [1.29, 1.82) is 0 Å². The van der Waals surface area contributed by atoms with Crippen LogP contribution in [0.25, 0.3) is 5.69 Å². The van der Waals surface area contributed by atoms with Crippen LogP contribution in [0.2, 0.25) is 0 Å². The Morgan fingerprint density at radius 2 is 2.03 bits per heavy atom. The number of hydrogen-bond acceptors (Lipinski definition) is 7. The van der Waals surface area contributed by atoms with E-state index >= 15 is 0 Å². The highest BCUT2D eigenvalue weighted by Gasteiger charge is 2.35. The first kappa shape index (κ1) is 21.1. The monoisotopic (exact) mass is 462 g/mol. The molecule has 33 heavy (non-hydrogen) atoms. The van der Waals surface area contributed by atoms with Gasteiger partial charge in [0.05, 0.1) is 23.4 Å². The number of furan rings is 1. The van der Waals surface area contributed by atoms with E-state index in [9.17, 15) is 9.18 Å². The van der Waals surface area contributed by atoms with Crippen LogP contribution < -0.4 is 0 Å². The molecule has 0 radical (unpaired) electrons. The lowest BCUT2D eigenvalue weighted by atomic mass is 10.0. The molecular formula is C23H19FN6O2S.